The highest BCUT2D eigenvalue weighted by Gasteiger charge is 2.62. The van der Waals surface area contributed by atoms with Crippen LogP contribution in [0.2, 0.25) is 0 Å². The molecule has 1 aliphatic heterocycles. The van der Waals surface area contributed by atoms with Gasteiger partial charge in [-0.2, -0.15) is 29.0 Å². The third-order valence-electron chi connectivity index (χ3n) is 4.27. The predicted molar refractivity (Wildman–Crippen MR) is 87.3 cm³/mol. The summed E-state index contributed by atoms with van der Waals surface area (Å²) in [7, 11) is 1.50. The van der Waals surface area contributed by atoms with Gasteiger partial charge in [0.15, 0.2) is 11.3 Å². The molecule has 0 saturated heterocycles. The number of unbranched alkanes of at least 4 members (excludes halogenated alkanes) is 3. The van der Waals surface area contributed by atoms with E-state index in [4.69, 9.17) is 24.7 Å². The molecule has 0 radical (unpaired) electrons. The van der Waals surface area contributed by atoms with E-state index in [1.807, 2.05) is 0 Å². The van der Waals surface area contributed by atoms with Crippen molar-refractivity contribution in [2.75, 3.05) is 20.5 Å². The van der Waals surface area contributed by atoms with Crippen molar-refractivity contribution in [2.24, 2.45) is 0 Å². The summed E-state index contributed by atoms with van der Waals surface area (Å²) in [5.41, 5.74) is -4.07. The summed E-state index contributed by atoms with van der Waals surface area (Å²) in [6.07, 6.45) is -3.15. The second-order valence-electron chi connectivity index (χ2n) is 5.95. The lowest BCUT2D eigenvalue weighted by atomic mass is 9.87. The van der Waals surface area contributed by atoms with E-state index in [0.29, 0.717) is 25.9 Å². The molecule has 0 amide bonds. The molecular weight excluding hydrogens is 363 g/mol. The van der Waals surface area contributed by atoms with Crippen molar-refractivity contribution in [1.29, 1.82) is 15.8 Å². The van der Waals surface area contributed by atoms with E-state index >= 15 is 0 Å². The van der Waals surface area contributed by atoms with Crippen molar-refractivity contribution < 1.29 is 27.4 Å². The van der Waals surface area contributed by atoms with Crippen LogP contribution >= 0.6 is 0 Å². The van der Waals surface area contributed by atoms with Crippen LogP contribution in [0.25, 0.3) is 0 Å². The van der Waals surface area contributed by atoms with Crippen LogP contribution in [0.15, 0.2) is 22.5 Å². The van der Waals surface area contributed by atoms with Crippen LogP contribution in [0.3, 0.4) is 0 Å². The number of allylic oxidation sites excluding steroid dienone is 2. The minimum absolute atomic E-state index is 0.168. The number of alkyl halides is 3. The van der Waals surface area contributed by atoms with Gasteiger partial charge in [0.2, 0.25) is 5.60 Å². The molecule has 0 bridgehead atoms. The molecule has 6 nitrogen and oxygen atoms in total. The Bertz CT molecular complexity index is 707. The molecular formula is C18H20F3N3O3. The summed E-state index contributed by atoms with van der Waals surface area (Å²) in [6, 6.07) is 4.61. The van der Waals surface area contributed by atoms with Crippen LogP contribution in [0.4, 0.5) is 13.2 Å². The molecule has 1 heterocycles. The summed E-state index contributed by atoms with van der Waals surface area (Å²) in [5, 5.41) is 27.1. The molecule has 0 N–H and O–H groups in total. The van der Waals surface area contributed by atoms with Crippen molar-refractivity contribution in [1.82, 2.24) is 0 Å². The highest BCUT2D eigenvalue weighted by atomic mass is 19.4. The third kappa shape index (κ3) is 5.01. The molecule has 0 fully saturated rings. The third-order valence-corrected chi connectivity index (χ3v) is 4.27. The fraction of sp³-hybridized carbons (Fsp3) is 0.611. The normalized spacial score (nSPS) is 19.3. The number of rotatable bonds is 9. The van der Waals surface area contributed by atoms with E-state index in [2.05, 4.69) is 0 Å². The summed E-state index contributed by atoms with van der Waals surface area (Å²) < 4.78 is 56.5. The average Bonchev–Trinajstić information content (AvgIpc) is 2.91. The zero-order valence-electron chi connectivity index (χ0n) is 15.2. The van der Waals surface area contributed by atoms with Gasteiger partial charge in [0.05, 0.1) is 5.57 Å². The van der Waals surface area contributed by atoms with E-state index in [1.165, 1.54) is 19.2 Å². The highest BCUT2D eigenvalue weighted by Crippen LogP contribution is 2.51. The number of ether oxygens (including phenoxy) is 3. The maximum Gasteiger partial charge on any atom is 0.432 e. The molecule has 0 aromatic rings. The van der Waals surface area contributed by atoms with Crippen molar-refractivity contribution in [3.05, 3.63) is 22.5 Å². The summed E-state index contributed by atoms with van der Waals surface area (Å²) in [6.45, 7) is 1.78. The van der Waals surface area contributed by atoms with E-state index in [9.17, 15) is 18.4 Å². The molecule has 9 heteroatoms. The van der Waals surface area contributed by atoms with Crippen LogP contribution in [-0.2, 0) is 14.2 Å². The average molecular weight is 383 g/mol. The lowest BCUT2D eigenvalue weighted by molar-refractivity contribution is -0.246. The van der Waals surface area contributed by atoms with Crippen molar-refractivity contribution in [2.45, 2.75) is 50.8 Å². The largest absolute Gasteiger partial charge is 0.470 e. The minimum atomic E-state index is -4.79. The van der Waals surface area contributed by atoms with Gasteiger partial charge in [0.1, 0.15) is 25.0 Å². The molecule has 0 spiro atoms. The van der Waals surface area contributed by atoms with E-state index in [0.717, 1.165) is 6.92 Å². The lowest BCUT2D eigenvalue weighted by Crippen LogP contribution is -2.46. The van der Waals surface area contributed by atoms with Gasteiger partial charge in [-0.05, 0) is 19.8 Å². The molecule has 0 aromatic heterocycles. The Kier molecular flexibility index (Phi) is 8.31. The standard InChI is InChI=1S/C18H20F3N3O3/c1-13-15(11-24)16(14(9-22)10-23)27-17(13,18(19,20)21)7-5-3-4-6-8-26-12-25-2/h3-8,12H2,1-2H3. The van der Waals surface area contributed by atoms with E-state index in [1.54, 1.807) is 6.07 Å². The van der Waals surface area contributed by atoms with Gasteiger partial charge in [-0.3, -0.25) is 0 Å². The summed E-state index contributed by atoms with van der Waals surface area (Å²) >= 11 is 0. The van der Waals surface area contributed by atoms with Crippen molar-refractivity contribution in [3.63, 3.8) is 0 Å². The van der Waals surface area contributed by atoms with Crippen LogP contribution in [0, 0.1) is 34.0 Å². The Balaban J connectivity index is 2.93. The molecule has 1 atom stereocenters. The number of halogens is 3. The number of hydrogen-bond donors (Lipinski definition) is 0. The molecule has 27 heavy (non-hydrogen) atoms. The predicted octanol–water partition coefficient (Wildman–Crippen LogP) is 4.03. The maximum atomic E-state index is 13.8. The first-order valence-corrected chi connectivity index (χ1v) is 8.27. The van der Waals surface area contributed by atoms with E-state index in [-0.39, 0.29) is 18.8 Å². The Hall–Kier alpha value is -2.54. The second kappa shape index (κ2) is 9.97. The quantitative estimate of drug-likeness (QED) is 0.339. The Labute approximate surface area is 156 Å². The molecule has 1 rings (SSSR count). The number of methoxy groups -OCH3 is 1. The van der Waals surface area contributed by atoms with Crippen LogP contribution < -0.4 is 0 Å². The Morgan fingerprint density at radius 3 is 2.26 bits per heavy atom. The van der Waals surface area contributed by atoms with Gasteiger partial charge in [-0.1, -0.05) is 12.8 Å². The minimum Gasteiger partial charge on any atom is -0.470 e. The van der Waals surface area contributed by atoms with Gasteiger partial charge < -0.3 is 14.2 Å². The maximum absolute atomic E-state index is 13.8. The Morgan fingerprint density at radius 2 is 1.74 bits per heavy atom. The molecule has 146 valence electrons. The summed E-state index contributed by atoms with van der Waals surface area (Å²) in [4.78, 5) is 0. The SMILES string of the molecule is COCOCCCCCCC1(C(F)(F)F)OC(=C(C#N)C#N)C(C#N)=C1C. The zero-order chi connectivity index (χ0) is 20.5. The lowest BCUT2D eigenvalue weighted by Gasteiger charge is -2.33. The first kappa shape index (κ1) is 22.5. The van der Waals surface area contributed by atoms with Gasteiger partial charge in [-0.15, -0.1) is 0 Å². The van der Waals surface area contributed by atoms with E-state index < -0.39 is 35.1 Å². The van der Waals surface area contributed by atoms with Gasteiger partial charge in [0.25, 0.3) is 0 Å². The second-order valence-corrected chi connectivity index (χ2v) is 5.95. The first-order valence-electron chi connectivity index (χ1n) is 8.27. The summed E-state index contributed by atoms with van der Waals surface area (Å²) in [5.74, 6) is -0.592. The molecule has 0 aromatic carbocycles. The van der Waals surface area contributed by atoms with Gasteiger partial charge in [-0.25, -0.2) is 0 Å². The molecule has 0 saturated carbocycles. The molecule has 1 unspecified atom stereocenters. The van der Waals surface area contributed by atoms with Crippen LogP contribution in [0.5, 0.6) is 0 Å². The number of nitrogens with zero attached hydrogens (tertiary/aromatic N) is 3. The fourth-order valence-corrected chi connectivity index (χ4v) is 2.84. The van der Waals surface area contributed by atoms with Gasteiger partial charge in [0, 0.05) is 25.7 Å². The Morgan fingerprint density at radius 1 is 1.11 bits per heavy atom. The highest BCUT2D eigenvalue weighted by molar-refractivity contribution is 5.57. The molecule has 0 aliphatic carbocycles. The first-order chi connectivity index (χ1) is 12.8. The zero-order valence-corrected chi connectivity index (χ0v) is 15.2. The van der Waals surface area contributed by atoms with Crippen molar-refractivity contribution in [3.8, 4) is 18.2 Å². The van der Waals surface area contributed by atoms with Crippen LogP contribution in [-0.4, -0.2) is 32.3 Å². The van der Waals surface area contributed by atoms with Gasteiger partial charge >= 0.3 is 6.18 Å². The van der Waals surface area contributed by atoms with Crippen LogP contribution in [0.1, 0.15) is 39.0 Å². The monoisotopic (exact) mass is 383 g/mol. The fourth-order valence-electron chi connectivity index (χ4n) is 2.84. The molecule has 1 aliphatic rings. The number of hydrogen-bond acceptors (Lipinski definition) is 6. The van der Waals surface area contributed by atoms with Crippen molar-refractivity contribution >= 4 is 0 Å². The number of nitriles is 3. The topological polar surface area (TPSA) is 99.1 Å². The smallest absolute Gasteiger partial charge is 0.432 e.